The summed E-state index contributed by atoms with van der Waals surface area (Å²) in [6.07, 6.45) is 0. The number of thiocarbonyl (C=S) groups is 1. The van der Waals surface area contributed by atoms with Crippen LogP contribution in [0.1, 0.15) is 49.8 Å². The van der Waals surface area contributed by atoms with Gasteiger partial charge in [-0.05, 0) is 62.8 Å². The van der Waals surface area contributed by atoms with Crippen molar-refractivity contribution in [3.05, 3.63) is 51.7 Å². The molecule has 0 saturated heterocycles. The molecule has 0 atom stereocenters. The van der Waals surface area contributed by atoms with Crippen LogP contribution in [0, 0.1) is 12.7 Å². The fourth-order valence-electron chi connectivity index (χ4n) is 2.30. The van der Waals surface area contributed by atoms with E-state index in [2.05, 4.69) is 10.6 Å². The normalized spacial score (nSPS) is 10.2. The van der Waals surface area contributed by atoms with Gasteiger partial charge < -0.3 is 10.1 Å². The van der Waals surface area contributed by atoms with Crippen molar-refractivity contribution in [2.45, 2.75) is 20.8 Å². The van der Waals surface area contributed by atoms with Crippen LogP contribution in [-0.2, 0) is 4.74 Å². The Hall–Kier alpha value is -2.65. The number of carbonyl (C=O) groups is 3. The predicted molar refractivity (Wildman–Crippen MR) is 105 cm³/mol. The van der Waals surface area contributed by atoms with Crippen LogP contribution in [0.15, 0.2) is 24.3 Å². The third-order valence-corrected chi connectivity index (χ3v) is 5.02. The Morgan fingerprint density at radius 2 is 1.85 bits per heavy atom. The zero-order valence-corrected chi connectivity index (χ0v) is 16.5. The van der Waals surface area contributed by atoms with E-state index < -0.39 is 17.7 Å². The lowest BCUT2D eigenvalue weighted by atomic mass is 10.1. The Labute approximate surface area is 164 Å². The Morgan fingerprint density at radius 3 is 2.41 bits per heavy atom. The van der Waals surface area contributed by atoms with Crippen LogP contribution in [0.4, 0.5) is 9.39 Å². The number of benzene rings is 1. The summed E-state index contributed by atoms with van der Waals surface area (Å²) in [5.74, 6) is -1.78. The van der Waals surface area contributed by atoms with Gasteiger partial charge in [0.05, 0.1) is 17.0 Å². The van der Waals surface area contributed by atoms with Gasteiger partial charge in [0.15, 0.2) is 10.9 Å². The second-order valence-corrected chi connectivity index (χ2v) is 6.88. The van der Waals surface area contributed by atoms with Gasteiger partial charge in [0.2, 0.25) is 0 Å². The van der Waals surface area contributed by atoms with Crippen molar-refractivity contribution in [1.29, 1.82) is 0 Å². The molecule has 6 nitrogen and oxygen atoms in total. The minimum absolute atomic E-state index is 0.0637. The highest BCUT2D eigenvalue weighted by atomic mass is 32.1. The molecule has 0 radical (unpaired) electrons. The van der Waals surface area contributed by atoms with E-state index in [9.17, 15) is 18.8 Å². The van der Waals surface area contributed by atoms with Gasteiger partial charge in [-0.2, -0.15) is 0 Å². The molecule has 0 aliphatic carbocycles. The van der Waals surface area contributed by atoms with Crippen molar-refractivity contribution in [3.63, 3.8) is 0 Å². The minimum Gasteiger partial charge on any atom is -0.462 e. The van der Waals surface area contributed by atoms with Crippen LogP contribution < -0.4 is 10.6 Å². The number of Topliss-reactive ketones (excluding diaryl/α,β-unsaturated/α-hetero) is 1. The molecular weight excluding hydrogens is 391 g/mol. The van der Waals surface area contributed by atoms with Gasteiger partial charge in [-0.25, -0.2) is 9.18 Å². The summed E-state index contributed by atoms with van der Waals surface area (Å²) in [6, 6.07) is 4.96. The number of nitrogens with one attached hydrogen (secondary N) is 2. The standard InChI is InChI=1S/C18H17FN2O4S2/c1-4-25-17(24)13-9(2)14(10(3)22)27-16(13)21-18(26)20-15(23)11-5-7-12(19)8-6-11/h5-8H,4H2,1-3H3,(H2,20,21,23,26). The average Bonchev–Trinajstić information content (AvgIpc) is 2.91. The SMILES string of the molecule is CCOC(=O)c1c(NC(=S)NC(=O)c2ccc(F)cc2)sc(C(C)=O)c1C. The first-order valence-corrected chi connectivity index (χ1v) is 9.16. The van der Waals surface area contributed by atoms with Crippen molar-refractivity contribution < 1.29 is 23.5 Å². The maximum Gasteiger partial charge on any atom is 0.341 e. The molecule has 2 aromatic rings. The topological polar surface area (TPSA) is 84.5 Å². The van der Waals surface area contributed by atoms with E-state index in [-0.39, 0.29) is 28.6 Å². The molecule has 0 spiro atoms. The summed E-state index contributed by atoms with van der Waals surface area (Å²) in [4.78, 5) is 36.6. The predicted octanol–water partition coefficient (Wildman–Crippen LogP) is 3.70. The third kappa shape index (κ3) is 4.95. The van der Waals surface area contributed by atoms with Crippen LogP contribution in [0.3, 0.4) is 0 Å². The van der Waals surface area contributed by atoms with Gasteiger partial charge in [0.25, 0.3) is 5.91 Å². The highest BCUT2D eigenvalue weighted by Crippen LogP contribution is 2.34. The van der Waals surface area contributed by atoms with E-state index in [0.29, 0.717) is 15.4 Å². The van der Waals surface area contributed by atoms with E-state index >= 15 is 0 Å². The van der Waals surface area contributed by atoms with Crippen molar-refractivity contribution in [1.82, 2.24) is 5.32 Å². The van der Waals surface area contributed by atoms with Crippen molar-refractivity contribution in [3.8, 4) is 0 Å². The van der Waals surface area contributed by atoms with Crippen molar-refractivity contribution in [2.24, 2.45) is 0 Å². The smallest absolute Gasteiger partial charge is 0.341 e. The lowest BCUT2D eigenvalue weighted by molar-refractivity contribution is 0.0527. The summed E-state index contributed by atoms with van der Waals surface area (Å²) in [5, 5.41) is 5.46. The van der Waals surface area contributed by atoms with Gasteiger partial charge in [-0.1, -0.05) is 0 Å². The number of ketones is 1. The molecule has 9 heteroatoms. The van der Waals surface area contributed by atoms with Crippen molar-refractivity contribution >= 4 is 51.3 Å². The first-order chi connectivity index (χ1) is 12.7. The number of ether oxygens (including phenoxy) is 1. The highest BCUT2D eigenvalue weighted by Gasteiger charge is 2.25. The molecule has 0 aliphatic heterocycles. The van der Waals surface area contributed by atoms with Gasteiger partial charge in [-0.3, -0.25) is 14.9 Å². The molecule has 1 amide bonds. The first kappa shape index (κ1) is 20.7. The van der Waals surface area contributed by atoms with Gasteiger partial charge in [-0.15, -0.1) is 11.3 Å². The summed E-state index contributed by atoms with van der Waals surface area (Å²) >= 11 is 6.17. The Kier molecular flexibility index (Phi) is 6.75. The molecule has 1 heterocycles. The summed E-state index contributed by atoms with van der Waals surface area (Å²) < 4.78 is 18.0. The number of thiophene rings is 1. The monoisotopic (exact) mass is 408 g/mol. The van der Waals surface area contributed by atoms with E-state index in [1.807, 2.05) is 0 Å². The van der Waals surface area contributed by atoms with E-state index in [1.54, 1.807) is 13.8 Å². The molecule has 2 rings (SSSR count). The number of halogens is 1. The molecule has 1 aromatic heterocycles. The van der Waals surface area contributed by atoms with Crippen LogP contribution in [0.25, 0.3) is 0 Å². The van der Waals surface area contributed by atoms with Crippen LogP contribution in [0.5, 0.6) is 0 Å². The number of esters is 1. The number of hydrogen-bond acceptors (Lipinski definition) is 6. The number of hydrogen-bond donors (Lipinski definition) is 2. The molecular formula is C18H17FN2O4S2. The molecule has 0 fully saturated rings. The molecule has 27 heavy (non-hydrogen) atoms. The molecule has 0 bridgehead atoms. The highest BCUT2D eigenvalue weighted by molar-refractivity contribution is 7.80. The average molecular weight is 408 g/mol. The molecule has 2 N–H and O–H groups in total. The number of anilines is 1. The lowest BCUT2D eigenvalue weighted by Crippen LogP contribution is -2.34. The Bertz CT molecular complexity index is 907. The van der Waals surface area contributed by atoms with Gasteiger partial charge in [0.1, 0.15) is 10.8 Å². The zero-order valence-electron chi connectivity index (χ0n) is 14.8. The summed E-state index contributed by atoms with van der Waals surface area (Å²) in [7, 11) is 0. The van der Waals surface area contributed by atoms with E-state index in [1.165, 1.54) is 19.1 Å². The Morgan fingerprint density at radius 1 is 1.22 bits per heavy atom. The molecule has 0 unspecified atom stereocenters. The second kappa shape index (κ2) is 8.83. The van der Waals surface area contributed by atoms with Crippen LogP contribution in [-0.4, -0.2) is 29.4 Å². The van der Waals surface area contributed by atoms with E-state index in [0.717, 1.165) is 23.5 Å². The van der Waals surface area contributed by atoms with E-state index in [4.69, 9.17) is 17.0 Å². The number of carbonyl (C=O) groups excluding carboxylic acids is 3. The molecule has 0 saturated carbocycles. The Balaban J connectivity index is 2.22. The zero-order chi connectivity index (χ0) is 20.1. The first-order valence-electron chi connectivity index (χ1n) is 7.94. The molecule has 0 aliphatic rings. The third-order valence-electron chi connectivity index (χ3n) is 3.51. The van der Waals surface area contributed by atoms with Crippen LogP contribution in [0.2, 0.25) is 0 Å². The minimum atomic E-state index is -0.589. The van der Waals surface area contributed by atoms with Crippen molar-refractivity contribution in [2.75, 3.05) is 11.9 Å². The molecule has 142 valence electrons. The molecule has 1 aromatic carbocycles. The van der Waals surface area contributed by atoms with Gasteiger partial charge in [0, 0.05) is 5.56 Å². The quantitative estimate of drug-likeness (QED) is 0.446. The van der Waals surface area contributed by atoms with Gasteiger partial charge >= 0.3 is 5.97 Å². The largest absolute Gasteiger partial charge is 0.462 e. The summed E-state index contributed by atoms with van der Waals surface area (Å²) in [5.41, 5.74) is 0.907. The number of rotatable bonds is 5. The summed E-state index contributed by atoms with van der Waals surface area (Å²) in [6.45, 7) is 4.89. The maximum absolute atomic E-state index is 12.9. The lowest BCUT2D eigenvalue weighted by Gasteiger charge is -2.10. The van der Waals surface area contributed by atoms with Crippen LogP contribution >= 0.6 is 23.6 Å². The maximum atomic E-state index is 12.9. The fraction of sp³-hybridized carbons (Fsp3) is 0.222. The number of amides is 1. The fourth-order valence-corrected chi connectivity index (χ4v) is 3.65. The second-order valence-electron chi connectivity index (χ2n) is 5.45.